The van der Waals surface area contributed by atoms with Gasteiger partial charge in [-0.3, -0.25) is 19.2 Å². The summed E-state index contributed by atoms with van der Waals surface area (Å²) in [6.07, 6.45) is -4.23. The van der Waals surface area contributed by atoms with Gasteiger partial charge >= 0.3 is 17.9 Å². The SMILES string of the molecule is CC(=O)N[C@@H]1[C@@H](OC(C)=O)[C@H](OC(C)=O)[C@@H](COC(C)=O)O[C@H]1N. The van der Waals surface area contributed by atoms with E-state index in [0.717, 1.165) is 13.8 Å². The van der Waals surface area contributed by atoms with E-state index < -0.39 is 54.4 Å². The summed E-state index contributed by atoms with van der Waals surface area (Å²) in [5.41, 5.74) is 5.87. The van der Waals surface area contributed by atoms with Gasteiger partial charge in [-0.15, -0.1) is 0 Å². The van der Waals surface area contributed by atoms with Crippen LogP contribution in [-0.2, 0) is 38.1 Å². The van der Waals surface area contributed by atoms with Crippen LogP contribution in [0.15, 0.2) is 0 Å². The zero-order valence-corrected chi connectivity index (χ0v) is 13.9. The fraction of sp³-hybridized carbons (Fsp3) is 0.714. The topological polar surface area (TPSA) is 143 Å². The number of rotatable bonds is 5. The molecule has 0 saturated carbocycles. The number of amides is 1. The highest BCUT2D eigenvalue weighted by Gasteiger charge is 2.49. The van der Waals surface area contributed by atoms with Crippen LogP contribution in [0.3, 0.4) is 0 Å². The fourth-order valence-electron chi connectivity index (χ4n) is 2.37. The smallest absolute Gasteiger partial charge is 0.303 e. The molecule has 1 aliphatic heterocycles. The lowest BCUT2D eigenvalue weighted by atomic mass is 9.95. The van der Waals surface area contributed by atoms with Crippen LogP contribution in [0.4, 0.5) is 0 Å². The Hall–Kier alpha value is -2.20. The number of hydrogen-bond donors (Lipinski definition) is 2. The van der Waals surface area contributed by atoms with Crippen LogP contribution < -0.4 is 11.1 Å². The van der Waals surface area contributed by atoms with E-state index in [0.29, 0.717) is 0 Å². The molecule has 1 saturated heterocycles. The molecule has 24 heavy (non-hydrogen) atoms. The molecule has 0 aromatic heterocycles. The summed E-state index contributed by atoms with van der Waals surface area (Å²) in [5, 5.41) is 2.51. The minimum atomic E-state index is -1.11. The third kappa shape index (κ3) is 5.78. The van der Waals surface area contributed by atoms with Crippen LogP contribution >= 0.6 is 0 Å². The van der Waals surface area contributed by atoms with Crippen molar-refractivity contribution in [3.05, 3.63) is 0 Å². The Morgan fingerprint density at radius 1 is 0.958 bits per heavy atom. The average Bonchev–Trinajstić information content (AvgIpc) is 2.42. The zero-order chi connectivity index (χ0) is 18.4. The van der Waals surface area contributed by atoms with Gasteiger partial charge in [-0.05, 0) is 0 Å². The molecule has 10 heteroatoms. The Morgan fingerprint density at radius 2 is 1.50 bits per heavy atom. The van der Waals surface area contributed by atoms with E-state index in [1.807, 2.05) is 0 Å². The van der Waals surface area contributed by atoms with Gasteiger partial charge in [0.05, 0.1) is 0 Å². The fourth-order valence-corrected chi connectivity index (χ4v) is 2.37. The highest BCUT2D eigenvalue weighted by molar-refractivity contribution is 5.73. The van der Waals surface area contributed by atoms with Crippen molar-refractivity contribution < 1.29 is 38.1 Å². The summed E-state index contributed by atoms with van der Waals surface area (Å²) >= 11 is 0. The summed E-state index contributed by atoms with van der Waals surface area (Å²) in [6.45, 7) is 4.52. The molecule has 5 atom stereocenters. The van der Waals surface area contributed by atoms with Gasteiger partial charge in [0, 0.05) is 27.7 Å². The first-order valence-electron chi connectivity index (χ1n) is 7.27. The molecular formula is C14H22N2O8. The molecule has 0 bridgehead atoms. The molecule has 10 nitrogen and oxygen atoms in total. The second-order valence-electron chi connectivity index (χ2n) is 5.32. The normalized spacial score (nSPS) is 29.3. The molecule has 1 rings (SSSR count). The van der Waals surface area contributed by atoms with Crippen molar-refractivity contribution in [1.82, 2.24) is 5.32 Å². The summed E-state index contributed by atoms with van der Waals surface area (Å²) in [5.74, 6) is -2.32. The summed E-state index contributed by atoms with van der Waals surface area (Å²) in [4.78, 5) is 45.2. The Bertz CT molecular complexity index is 509. The third-order valence-corrected chi connectivity index (χ3v) is 3.15. The van der Waals surface area contributed by atoms with Crippen LogP contribution in [0, 0.1) is 0 Å². The number of ether oxygens (including phenoxy) is 4. The lowest BCUT2D eigenvalue weighted by Crippen LogP contribution is -2.68. The van der Waals surface area contributed by atoms with Gasteiger partial charge in [-0.2, -0.15) is 0 Å². The Balaban J connectivity index is 3.11. The molecule has 0 aliphatic carbocycles. The maximum absolute atomic E-state index is 11.4. The van der Waals surface area contributed by atoms with Crippen LogP contribution in [0.1, 0.15) is 27.7 Å². The second kappa shape index (κ2) is 8.60. The summed E-state index contributed by atoms with van der Waals surface area (Å²) < 4.78 is 20.7. The third-order valence-electron chi connectivity index (χ3n) is 3.15. The molecule has 0 spiro atoms. The van der Waals surface area contributed by atoms with E-state index in [1.54, 1.807) is 0 Å². The van der Waals surface area contributed by atoms with E-state index in [-0.39, 0.29) is 6.61 Å². The quantitative estimate of drug-likeness (QED) is 0.454. The minimum absolute atomic E-state index is 0.258. The summed E-state index contributed by atoms with van der Waals surface area (Å²) in [7, 11) is 0. The van der Waals surface area contributed by atoms with Gasteiger partial charge in [0.2, 0.25) is 5.91 Å². The largest absolute Gasteiger partial charge is 0.463 e. The number of carbonyl (C=O) groups excluding carboxylic acids is 4. The molecule has 1 fully saturated rings. The van der Waals surface area contributed by atoms with Crippen molar-refractivity contribution in [1.29, 1.82) is 0 Å². The van der Waals surface area contributed by atoms with Crippen molar-refractivity contribution >= 4 is 23.8 Å². The Kier molecular flexibility index (Phi) is 7.11. The predicted octanol–water partition coefficient (Wildman–Crippen LogP) is -1.40. The van der Waals surface area contributed by atoms with Gasteiger partial charge < -0.3 is 30.0 Å². The predicted molar refractivity (Wildman–Crippen MR) is 78.2 cm³/mol. The maximum atomic E-state index is 11.4. The first-order valence-corrected chi connectivity index (χ1v) is 7.27. The molecule has 0 unspecified atom stereocenters. The molecule has 0 radical (unpaired) electrons. The molecule has 0 aromatic rings. The van der Waals surface area contributed by atoms with E-state index in [4.69, 9.17) is 24.7 Å². The van der Waals surface area contributed by atoms with Gasteiger partial charge in [0.25, 0.3) is 0 Å². The average molecular weight is 346 g/mol. The molecule has 0 aromatic carbocycles. The lowest BCUT2D eigenvalue weighted by Gasteiger charge is -2.44. The van der Waals surface area contributed by atoms with Gasteiger partial charge in [0.15, 0.2) is 12.2 Å². The van der Waals surface area contributed by atoms with Crippen LogP contribution in [0.5, 0.6) is 0 Å². The van der Waals surface area contributed by atoms with Crippen molar-refractivity contribution in [3.8, 4) is 0 Å². The minimum Gasteiger partial charge on any atom is -0.463 e. The second-order valence-corrected chi connectivity index (χ2v) is 5.32. The monoisotopic (exact) mass is 346 g/mol. The number of nitrogens with two attached hydrogens (primary N) is 1. The maximum Gasteiger partial charge on any atom is 0.303 e. The molecular weight excluding hydrogens is 324 g/mol. The Labute approximate surface area is 138 Å². The van der Waals surface area contributed by atoms with Crippen molar-refractivity contribution in [2.45, 2.75) is 58.3 Å². The number of carbonyl (C=O) groups is 4. The Morgan fingerprint density at radius 3 is 1.96 bits per heavy atom. The van der Waals surface area contributed by atoms with E-state index in [9.17, 15) is 19.2 Å². The lowest BCUT2D eigenvalue weighted by molar-refractivity contribution is -0.222. The van der Waals surface area contributed by atoms with E-state index in [1.165, 1.54) is 13.8 Å². The van der Waals surface area contributed by atoms with Crippen LogP contribution in [0.25, 0.3) is 0 Å². The van der Waals surface area contributed by atoms with Crippen molar-refractivity contribution in [3.63, 3.8) is 0 Å². The molecule has 3 N–H and O–H groups in total. The number of nitrogens with one attached hydrogen (secondary N) is 1. The number of hydrogen-bond acceptors (Lipinski definition) is 9. The van der Waals surface area contributed by atoms with Crippen LogP contribution in [-0.4, -0.2) is 61.0 Å². The van der Waals surface area contributed by atoms with Crippen molar-refractivity contribution in [2.24, 2.45) is 5.73 Å². The van der Waals surface area contributed by atoms with Crippen LogP contribution in [0.2, 0.25) is 0 Å². The van der Waals surface area contributed by atoms with E-state index >= 15 is 0 Å². The van der Waals surface area contributed by atoms with Crippen molar-refractivity contribution in [2.75, 3.05) is 6.61 Å². The van der Waals surface area contributed by atoms with Gasteiger partial charge in [0.1, 0.15) is 25.0 Å². The van der Waals surface area contributed by atoms with E-state index in [2.05, 4.69) is 5.32 Å². The highest BCUT2D eigenvalue weighted by Crippen LogP contribution is 2.25. The zero-order valence-electron chi connectivity index (χ0n) is 13.9. The van der Waals surface area contributed by atoms with Gasteiger partial charge in [-0.1, -0.05) is 0 Å². The molecule has 1 amide bonds. The first kappa shape index (κ1) is 19.8. The van der Waals surface area contributed by atoms with Gasteiger partial charge in [-0.25, -0.2) is 0 Å². The molecule has 1 aliphatic rings. The molecule has 1 heterocycles. The first-order chi connectivity index (χ1) is 11.1. The number of esters is 3. The summed E-state index contributed by atoms with van der Waals surface area (Å²) in [6, 6.07) is -0.940. The molecule has 136 valence electrons. The standard InChI is InChI=1S/C14H22N2O8/c1-6(17)16-11-13(23-9(4)20)12(22-8(3)19)10(24-14(11)15)5-21-7(2)18/h10-14H,5,15H2,1-4H3,(H,16,17)/t10-,11-,12-,13-,14-/m1/s1. The highest BCUT2D eigenvalue weighted by atomic mass is 16.6.